The molecule has 0 saturated carbocycles. The smallest absolute Gasteiger partial charge is 0.407 e. The zero-order valence-electron chi connectivity index (χ0n) is 10.6. The lowest BCUT2D eigenvalue weighted by Crippen LogP contribution is -2.28. The van der Waals surface area contributed by atoms with E-state index in [1.807, 2.05) is 0 Å². The lowest BCUT2D eigenvalue weighted by molar-refractivity contribution is 0.0527. The van der Waals surface area contributed by atoms with Crippen molar-refractivity contribution in [2.24, 2.45) is 0 Å². The Morgan fingerprint density at radius 3 is 2.89 bits per heavy atom. The van der Waals surface area contributed by atoms with Gasteiger partial charge >= 0.3 is 12.1 Å². The fraction of sp³-hybridized carbons (Fsp3) is 0.500. The van der Waals surface area contributed by atoms with Crippen molar-refractivity contribution in [2.75, 3.05) is 18.9 Å². The number of ether oxygens (including phenoxy) is 1. The van der Waals surface area contributed by atoms with Crippen LogP contribution >= 0.6 is 11.3 Å². The molecule has 1 aromatic rings. The molecule has 1 amide bonds. The minimum absolute atomic E-state index is 0.291. The predicted molar refractivity (Wildman–Crippen MR) is 71.4 cm³/mol. The molecule has 1 aromatic heterocycles. The zero-order valence-corrected chi connectivity index (χ0v) is 11.5. The summed E-state index contributed by atoms with van der Waals surface area (Å²) in [5, 5.41) is 9.48. The van der Waals surface area contributed by atoms with Gasteiger partial charge in [0.2, 0.25) is 0 Å². The molecular formula is C12H16N2O4S. The molecule has 2 heterocycles. The Morgan fingerprint density at radius 1 is 1.53 bits per heavy atom. The molecule has 0 spiro atoms. The molecule has 6 nitrogen and oxygen atoms in total. The summed E-state index contributed by atoms with van der Waals surface area (Å²) < 4.78 is 5.01. The SMILES string of the molecule is CCOC(=O)c1c(N)sc2c1CCCN(C(=O)O)C2. The number of nitrogens with two attached hydrogens (primary N) is 1. The Hall–Kier alpha value is -1.76. The first kappa shape index (κ1) is 13.7. The minimum atomic E-state index is -0.947. The highest BCUT2D eigenvalue weighted by Gasteiger charge is 2.27. The van der Waals surface area contributed by atoms with Crippen LogP contribution in [0, 0.1) is 0 Å². The van der Waals surface area contributed by atoms with Crippen LogP contribution in [-0.2, 0) is 17.7 Å². The first-order chi connectivity index (χ1) is 9.04. The van der Waals surface area contributed by atoms with Gasteiger partial charge in [-0.05, 0) is 25.3 Å². The summed E-state index contributed by atoms with van der Waals surface area (Å²) in [7, 11) is 0. The Balaban J connectivity index is 2.35. The number of hydrogen-bond donors (Lipinski definition) is 2. The normalized spacial score (nSPS) is 14.7. The number of nitrogen functional groups attached to an aromatic ring is 1. The lowest BCUT2D eigenvalue weighted by atomic mass is 10.1. The van der Waals surface area contributed by atoms with Crippen LogP contribution in [0.2, 0.25) is 0 Å². The average Bonchev–Trinajstić information content (AvgIpc) is 2.52. The van der Waals surface area contributed by atoms with Crippen molar-refractivity contribution in [2.45, 2.75) is 26.3 Å². The van der Waals surface area contributed by atoms with Gasteiger partial charge in [0.05, 0.1) is 18.7 Å². The topological polar surface area (TPSA) is 92.9 Å². The van der Waals surface area contributed by atoms with Crippen LogP contribution in [0.25, 0.3) is 0 Å². The van der Waals surface area contributed by atoms with Gasteiger partial charge in [0.25, 0.3) is 0 Å². The Morgan fingerprint density at radius 2 is 2.26 bits per heavy atom. The number of thiophene rings is 1. The van der Waals surface area contributed by atoms with Crippen LogP contribution in [0.1, 0.15) is 34.1 Å². The van der Waals surface area contributed by atoms with Crippen molar-refractivity contribution in [3.05, 3.63) is 16.0 Å². The maximum absolute atomic E-state index is 11.9. The van der Waals surface area contributed by atoms with Crippen LogP contribution in [-0.4, -0.2) is 35.2 Å². The molecule has 0 unspecified atom stereocenters. The highest BCUT2D eigenvalue weighted by atomic mass is 32.1. The summed E-state index contributed by atoms with van der Waals surface area (Å²) >= 11 is 1.28. The summed E-state index contributed by atoms with van der Waals surface area (Å²) in [6, 6.07) is 0. The van der Waals surface area contributed by atoms with E-state index in [4.69, 9.17) is 15.6 Å². The number of anilines is 1. The van der Waals surface area contributed by atoms with E-state index in [1.54, 1.807) is 6.92 Å². The molecule has 1 aliphatic rings. The average molecular weight is 284 g/mol. The fourth-order valence-electron chi connectivity index (χ4n) is 2.22. The molecule has 104 valence electrons. The second kappa shape index (κ2) is 5.48. The van der Waals surface area contributed by atoms with Gasteiger partial charge in [-0.15, -0.1) is 11.3 Å². The lowest BCUT2D eigenvalue weighted by Gasteiger charge is -2.15. The number of carbonyl (C=O) groups excluding carboxylic acids is 1. The van der Waals surface area contributed by atoms with Crippen molar-refractivity contribution < 1.29 is 19.4 Å². The predicted octanol–water partition coefficient (Wildman–Crippen LogP) is 1.93. The number of hydrogen-bond acceptors (Lipinski definition) is 5. The first-order valence-corrected chi connectivity index (χ1v) is 6.91. The van der Waals surface area contributed by atoms with Gasteiger partial charge in [-0.2, -0.15) is 0 Å². The van der Waals surface area contributed by atoms with Gasteiger partial charge < -0.3 is 20.5 Å². The molecule has 3 N–H and O–H groups in total. The molecule has 1 aliphatic heterocycles. The number of nitrogens with zero attached hydrogens (tertiary/aromatic N) is 1. The van der Waals surface area contributed by atoms with E-state index in [2.05, 4.69) is 0 Å². The summed E-state index contributed by atoms with van der Waals surface area (Å²) in [5.74, 6) is -0.415. The fourth-order valence-corrected chi connectivity index (χ4v) is 3.34. The molecule has 0 aliphatic carbocycles. The van der Waals surface area contributed by atoms with Gasteiger partial charge in [-0.3, -0.25) is 0 Å². The van der Waals surface area contributed by atoms with Gasteiger partial charge in [0, 0.05) is 11.4 Å². The molecule has 2 rings (SSSR count). The molecule has 0 atom stereocenters. The number of esters is 1. The molecule has 0 saturated heterocycles. The van der Waals surface area contributed by atoms with Crippen molar-refractivity contribution in [1.29, 1.82) is 0 Å². The molecule has 0 aromatic carbocycles. The van der Waals surface area contributed by atoms with Crippen LogP contribution in [0.3, 0.4) is 0 Å². The van der Waals surface area contributed by atoms with Crippen LogP contribution < -0.4 is 5.73 Å². The number of amides is 1. The van der Waals surface area contributed by atoms with E-state index in [1.165, 1.54) is 16.2 Å². The van der Waals surface area contributed by atoms with E-state index in [-0.39, 0.29) is 0 Å². The van der Waals surface area contributed by atoms with Gasteiger partial charge in [0.15, 0.2) is 0 Å². The zero-order chi connectivity index (χ0) is 14.0. The molecular weight excluding hydrogens is 268 g/mol. The number of carboxylic acid groups (broad SMARTS) is 1. The first-order valence-electron chi connectivity index (χ1n) is 6.09. The number of fused-ring (bicyclic) bond motifs is 1. The number of carbonyl (C=O) groups is 2. The van der Waals surface area contributed by atoms with E-state index < -0.39 is 12.1 Å². The third-order valence-corrected chi connectivity index (χ3v) is 4.10. The standard InChI is InChI=1S/C12H16N2O4S/c1-2-18-11(15)9-7-4-3-5-14(12(16)17)6-8(7)19-10(9)13/h2-6,13H2,1H3,(H,16,17). The second-order valence-corrected chi connectivity index (χ2v) is 5.41. The summed E-state index contributed by atoms with van der Waals surface area (Å²) in [6.07, 6.45) is 0.389. The van der Waals surface area contributed by atoms with Crippen molar-refractivity contribution in [3.8, 4) is 0 Å². The maximum Gasteiger partial charge on any atom is 0.407 e. The Kier molecular flexibility index (Phi) is 3.94. The van der Waals surface area contributed by atoms with Crippen LogP contribution in [0.4, 0.5) is 9.80 Å². The molecule has 19 heavy (non-hydrogen) atoms. The second-order valence-electron chi connectivity index (χ2n) is 4.27. The van der Waals surface area contributed by atoms with Crippen molar-refractivity contribution >= 4 is 28.4 Å². The van der Waals surface area contributed by atoms with Crippen LogP contribution in [0.5, 0.6) is 0 Å². The highest BCUT2D eigenvalue weighted by molar-refractivity contribution is 7.16. The van der Waals surface area contributed by atoms with E-state index >= 15 is 0 Å². The van der Waals surface area contributed by atoms with E-state index in [0.717, 1.165) is 10.4 Å². The van der Waals surface area contributed by atoms with Crippen LogP contribution in [0.15, 0.2) is 0 Å². The molecule has 0 fully saturated rings. The summed E-state index contributed by atoms with van der Waals surface area (Å²) in [4.78, 5) is 25.1. The number of rotatable bonds is 2. The Labute approximate surface area is 114 Å². The van der Waals surface area contributed by atoms with Gasteiger partial charge in [0.1, 0.15) is 5.00 Å². The van der Waals surface area contributed by atoms with Crippen molar-refractivity contribution in [1.82, 2.24) is 4.90 Å². The van der Waals surface area contributed by atoms with E-state index in [9.17, 15) is 9.59 Å². The van der Waals surface area contributed by atoms with Gasteiger partial charge in [-0.1, -0.05) is 0 Å². The van der Waals surface area contributed by atoms with Gasteiger partial charge in [-0.25, -0.2) is 9.59 Å². The third-order valence-electron chi connectivity index (χ3n) is 3.06. The maximum atomic E-state index is 11.9. The molecule has 0 radical (unpaired) electrons. The highest BCUT2D eigenvalue weighted by Crippen LogP contribution is 2.35. The molecule has 0 bridgehead atoms. The Bertz CT molecular complexity index is 512. The van der Waals surface area contributed by atoms with Crippen molar-refractivity contribution in [3.63, 3.8) is 0 Å². The quantitative estimate of drug-likeness (QED) is 0.809. The third kappa shape index (κ3) is 2.65. The minimum Gasteiger partial charge on any atom is -0.465 e. The largest absolute Gasteiger partial charge is 0.465 e. The molecule has 7 heteroatoms. The van der Waals surface area contributed by atoms with E-state index in [0.29, 0.717) is 43.1 Å². The summed E-state index contributed by atoms with van der Waals surface area (Å²) in [5.41, 5.74) is 7.15. The summed E-state index contributed by atoms with van der Waals surface area (Å²) in [6.45, 7) is 2.80. The monoisotopic (exact) mass is 284 g/mol.